The fraction of sp³-hybridized carbons (Fsp3) is 0. The van der Waals surface area contributed by atoms with Gasteiger partial charge in [-0.1, -0.05) is 144 Å². The molecule has 3 aromatic heterocycles. The van der Waals surface area contributed by atoms with Crippen molar-refractivity contribution in [2.24, 2.45) is 0 Å². The van der Waals surface area contributed by atoms with Gasteiger partial charge in [-0.05, 0) is 64.4 Å². The Hall–Kier alpha value is -7.07. The molecule has 6 heteroatoms. The zero-order valence-corrected chi connectivity index (χ0v) is 33.2. The van der Waals surface area contributed by atoms with Crippen molar-refractivity contribution in [3.8, 4) is 67.5 Å². The standard InChI is InChI=1S/C52H32N3O2.Pt/c56-46-25-12-10-21-42(46)52-54-51-41(22-13-24-45(51)55(52)44-23-11-9-20-40(44)34-16-5-2-6-17-34)38-28-37(33-14-3-1-4-15-33)29-39(30-38)50-49-43-31-35-18-7-8-19-36(35)32-48(43)57-47(49)26-27-53-50;/h1-29,31-32,56H;/q-1;. The van der Waals surface area contributed by atoms with Gasteiger partial charge in [-0.15, -0.1) is 23.8 Å². The number of hydrogen-bond donors (Lipinski definition) is 1. The van der Waals surface area contributed by atoms with E-state index in [4.69, 9.17) is 14.4 Å². The zero-order chi connectivity index (χ0) is 37.9. The monoisotopic (exact) mass is 925 g/mol. The summed E-state index contributed by atoms with van der Waals surface area (Å²) < 4.78 is 8.64. The average molecular weight is 926 g/mol. The number of nitrogens with zero attached hydrogens (tertiary/aromatic N) is 3. The number of rotatable bonds is 6. The van der Waals surface area contributed by atoms with Crippen LogP contribution in [-0.4, -0.2) is 19.6 Å². The first-order chi connectivity index (χ1) is 28.2. The van der Waals surface area contributed by atoms with E-state index in [1.54, 1.807) is 6.07 Å². The Kier molecular flexibility index (Phi) is 8.81. The number of para-hydroxylation sites is 3. The van der Waals surface area contributed by atoms with E-state index in [1.807, 2.05) is 54.7 Å². The van der Waals surface area contributed by atoms with E-state index in [-0.39, 0.29) is 26.8 Å². The second-order valence-electron chi connectivity index (χ2n) is 14.2. The van der Waals surface area contributed by atoms with Gasteiger partial charge < -0.3 is 9.52 Å². The van der Waals surface area contributed by atoms with Crippen molar-refractivity contribution in [3.63, 3.8) is 0 Å². The Morgan fingerprint density at radius 1 is 0.534 bits per heavy atom. The molecule has 0 radical (unpaired) electrons. The minimum Gasteiger partial charge on any atom is -0.507 e. The van der Waals surface area contributed by atoms with Gasteiger partial charge in [0.25, 0.3) is 0 Å². The van der Waals surface area contributed by atoms with E-state index in [0.29, 0.717) is 11.4 Å². The molecular weight excluding hydrogens is 894 g/mol. The number of fused-ring (bicyclic) bond motifs is 5. The van der Waals surface area contributed by atoms with Gasteiger partial charge in [-0.2, -0.15) is 0 Å². The third-order valence-corrected chi connectivity index (χ3v) is 10.8. The van der Waals surface area contributed by atoms with Crippen molar-refractivity contribution in [2.45, 2.75) is 0 Å². The van der Waals surface area contributed by atoms with Crippen LogP contribution < -0.4 is 0 Å². The average Bonchev–Trinajstić information content (AvgIpc) is 3.84. The maximum absolute atomic E-state index is 11.3. The molecule has 0 unspecified atom stereocenters. The number of hydrogen-bond acceptors (Lipinski definition) is 4. The molecule has 0 aliphatic heterocycles. The van der Waals surface area contributed by atoms with Gasteiger partial charge in [-0.25, -0.2) is 4.98 Å². The molecule has 0 saturated heterocycles. The van der Waals surface area contributed by atoms with Crippen molar-refractivity contribution in [3.05, 3.63) is 194 Å². The molecule has 0 aliphatic rings. The fourth-order valence-electron chi connectivity index (χ4n) is 8.19. The van der Waals surface area contributed by atoms with Crippen LogP contribution in [0.3, 0.4) is 0 Å². The SMILES string of the molecule is Oc1ccccc1-c1nc2c(-c3[c-]c(-c4nccc5oc6cc7ccccc7cc6c45)cc(-c4ccccc4)c3)cccc2n1-c1ccccc1-c1ccccc1.[Pt]. The van der Waals surface area contributed by atoms with E-state index >= 15 is 0 Å². The van der Waals surface area contributed by atoms with E-state index in [9.17, 15) is 5.11 Å². The number of aromatic nitrogens is 3. The molecule has 0 amide bonds. The van der Waals surface area contributed by atoms with E-state index in [2.05, 4.69) is 138 Å². The largest absolute Gasteiger partial charge is 0.507 e. The summed E-state index contributed by atoms with van der Waals surface area (Å²) in [7, 11) is 0. The van der Waals surface area contributed by atoms with Crippen LogP contribution in [0.4, 0.5) is 0 Å². The van der Waals surface area contributed by atoms with Crippen LogP contribution in [0.5, 0.6) is 5.75 Å². The van der Waals surface area contributed by atoms with Crippen LogP contribution in [0.15, 0.2) is 193 Å². The fourth-order valence-corrected chi connectivity index (χ4v) is 8.19. The van der Waals surface area contributed by atoms with E-state index in [1.165, 1.54) is 0 Å². The number of aromatic hydroxyl groups is 1. The molecule has 58 heavy (non-hydrogen) atoms. The Bertz CT molecular complexity index is 3320. The molecule has 11 rings (SSSR count). The first-order valence-electron chi connectivity index (χ1n) is 19.0. The summed E-state index contributed by atoms with van der Waals surface area (Å²) in [4.78, 5) is 10.4. The molecule has 8 aromatic carbocycles. The minimum atomic E-state index is 0. The van der Waals surface area contributed by atoms with Crippen molar-refractivity contribution >= 4 is 43.7 Å². The number of benzene rings is 8. The van der Waals surface area contributed by atoms with Gasteiger partial charge in [-0.3, -0.25) is 9.55 Å². The molecular formula is C52H32N3O2Pt-. The predicted molar refractivity (Wildman–Crippen MR) is 231 cm³/mol. The third kappa shape index (κ3) is 5.91. The van der Waals surface area contributed by atoms with Crippen LogP contribution in [0, 0.1) is 6.07 Å². The maximum Gasteiger partial charge on any atom is 0.148 e. The number of imidazole rings is 1. The van der Waals surface area contributed by atoms with E-state index < -0.39 is 0 Å². The number of pyridine rings is 1. The second kappa shape index (κ2) is 14.5. The predicted octanol–water partition coefficient (Wildman–Crippen LogP) is 13.3. The van der Waals surface area contributed by atoms with Crippen molar-refractivity contribution in [1.29, 1.82) is 0 Å². The molecule has 0 bridgehead atoms. The van der Waals surface area contributed by atoms with Crippen LogP contribution in [0.25, 0.3) is 105 Å². The van der Waals surface area contributed by atoms with Crippen LogP contribution >= 0.6 is 0 Å². The van der Waals surface area contributed by atoms with Gasteiger partial charge in [0.05, 0.1) is 22.3 Å². The zero-order valence-electron chi connectivity index (χ0n) is 30.9. The summed E-state index contributed by atoms with van der Waals surface area (Å²) in [6.45, 7) is 0. The number of furan rings is 1. The van der Waals surface area contributed by atoms with Gasteiger partial charge >= 0.3 is 0 Å². The van der Waals surface area contributed by atoms with Crippen LogP contribution in [0.2, 0.25) is 0 Å². The van der Waals surface area contributed by atoms with Gasteiger partial charge in [0, 0.05) is 49.3 Å². The molecule has 278 valence electrons. The molecule has 5 nitrogen and oxygen atoms in total. The summed E-state index contributed by atoms with van der Waals surface area (Å²) in [5.74, 6) is 0.800. The third-order valence-electron chi connectivity index (χ3n) is 10.8. The molecule has 1 N–H and O–H groups in total. The molecule has 0 atom stereocenters. The normalized spacial score (nSPS) is 11.4. The Labute approximate surface area is 348 Å². The molecule has 0 spiro atoms. The second-order valence-corrected chi connectivity index (χ2v) is 14.2. The molecule has 0 saturated carbocycles. The Balaban J connectivity index is 0.00000408. The van der Waals surface area contributed by atoms with Crippen LogP contribution in [-0.2, 0) is 21.1 Å². The number of phenolic OH excluding ortho intramolecular Hbond substituents is 1. The summed E-state index contributed by atoms with van der Waals surface area (Å²) in [6, 6.07) is 65.6. The summed E-state index contributed by atoms with van der Waals surface area (Å²) in [6.07, 6.45) is 1.81. The Morgan fingerprint density at radius 2 is 1.19 bits per heavy atom. The molecule has 11 aromatic rings. The molecule has 0 fully saturated rings. The first kappa shape index (κ1) is 35.3. The summed E-state index contributed by atoms with van der Waals surface area (Å²) in [5, 5.41) is 15.5. The van der Waals surface area contributed by atoms with Gasteiger partial charge in [0.15, 0.2) is 0 Å². The van der Waals surface area contributed by atoms with Crippen molar-refractivity contribution < 1.29 is 30.6 Å². The van der Waals surface area contributed by atoms with Crippen molar-refractivity contribution in [1.82, 2.24) is 14.5 Å². The topological polar surface area (TPSA) is 64.1 Å². The van der Waals surface area contributed by atoms with Gasteiger partial charge in [0.2, 0.25) is 0 Å². The molecule has 0 aliphatic carbocycles. The minimum absolute atomic E-state index is 0. The first-order valence-corrected chi connectivity index (χ1v) is 19.0. The Morgan fingerprint density at radius 3 is 1.98 bits per heavy atom. The summed E-state index contributed by atoms with van der Waals surface area (Å²) in [5.41, 5.74) is 12.6. The molecule has 3 heterocycles. The van der Waals surface area contributed by atoms with Crippen LogP contribution in [0.1, 0.15) is 0 Å². The quantitative estimate of drug-likeness (QED) is 0.169. The van der Waals surface area contributed by atoms with Crippen molar-refractivity contribution in [2.75, 3.05) is 0 Å². The van der Waals surface area contributed by atoms with E-state index in [0.717, 1.165) is 94.1 Å². The maximum atomic E-state index is 11.3. The summed E-state index contributed by atoms with van der Waals surface area (Å²) >= 11 is 0. The van der Waals surface area contributed by atoms with Gasteiger partial charge in [0.1, 0.15) is 22.7 Å². The number of phenols is 1. The smallest absolute Gasteiger partial charge is 0.148 e.